The molecular formula is C14H17BrN4O2S. The Kier molecular flexibility index (Phi) is 6.41. The average Bonchev–Trinajstić information content (AvgIpc) is 2.96. The fourth-order valence-corrected chi connectivity index (χ4v) is 2.93. The normalized spacial score (nSPS) is 12.1. The zero-order valence-corrected chi connectivity index (χ0v) is 14.7. The van der Waals surface area contributed by atoms with Crippen LogP contribution in [0.1, 0.15) is 6.92 Å². The predicted octanol–water partition coefficient (Wildman–Crippen LogP) is 2.48. The number of H-pyrrole nitrogens is 1. The highest BCUT2D eigenvalue weighted by atomic mass is 79.9. The first kappa shape index (κ1) is 17.0. The molecule has 2 rings (SSSR count). The highest BCUT2D eigenvalue weighted by Gasteiger charge is 2.17. The Morgan fingerprint density at radius 1 is 1.50 bits per heavy atom. The summed E-state index contributed by atoms with van der Waals surface area (Å²) in [5.41, 5.74) is 0.930. The molecule has 0 unspecified atom stereocenters. The predicted molar refractivity (Wildman–Crippen MR) is 89.7 cm³/mol. The molecule has 118 valence electrons. The average molecular weight is 385 g/mol. The van der Waals surface area contributed by atoms with Crippen LogP contribution >= 0.6 is 27.7 Å². The first-order valence-corrected chi connectivity index (χ1v) is 8.39. The molecule has 1 atom stereocenters. The number of nitrogens with one attached hydrogen (secondary N) is 2. The van der Waals surface area contributed by atoms with E-state index in [0.29, 0.717) is 24.1 Å². The van der Waals surface area contributed by atoms with Gasteiger partial charge >= 0.3 is 0 Å². The Hall–Kier alpha value is -1.38. The van der Waals surface area contributed by atoms with Crippen LogP contribution in [0.25, 0.3) is 11.4 Å². The van der Waals surface area contributed by atoms with E-state index in [4.69, 9.17) is 4.74 Å². The van der Waals surface area contributed by atoms with Gasteiger partial charge in [0.15, 0.2) is 5.82 Å². The Balaban J connectivity index is 1.97. The fraction of sp³-hybridized carbons (Fsp3) is 0.357. The van der Waals surface area contributed by atoms with Crippen molar-refractivity contribution in [3.05, 3.63) is 28.7 Å². The van der Waals surface area contributed by atoms with Crippen molar-refractivity contribution >= 4 is 33.6 Å². The summed E-state index contributed by atoms with van der Waals surface area (Å²) in [6.45, 7) is 2.81. The third-order valence-corrected chi connectivity index (χ3v) is 4.50. The topological polar surface area (TPSA) is 79.9 Å². The number of ether oxygens (including phenoxy) is 1. The van der Waals surface area contributed by atoms with E-state index in [1.165, 1.54) is 11.8 Å². The van der Waals surface area contributed by atoms with Crippen LogP contribution in [0.2, 0.25) is 0 Å². The number of methoxy groups -OCH3 is 1. The number of nitrogens with zero attached hydrogens (tertiary/aromatic N) is 2. The summed E-state index contributed by atoms with van der Waals surface area (Å²) in [7, 11) is 1.60. The van der Waals surface area contributed by atoms with Crippen LogP contribution < -0.4 is 5.32 Å². The van der Waals surface area contributed by atoms with Gasteiger partial charge in [0.25, 0.3) is 0 Å². The lowest BCUT2D eigenvalue weighted by atomic mass is 10.2. The molecule has 6 nitrogen and oxygen atoms in total. The number of rotatable bonds is 7. The smallest absolute Gasteiger partial charge is 0.233 e. The van der Waals surface area contributed by atoms with Gasteiger partial charge in [-0.15, -0.1) is 5.10 Å². The molecule has 0 saturated carbocycles. The number of aromatic nitrogens is 3. The summed E-state index contributed by atoms with van der Waals surface area (Å²) in [5.74, 6) is 0.608. The van der Waals surface area contributed by atoms with E-state index in [9.17, 15) is 4.79 Å². The second-order valence-corrected chi connectivity index (χ2v) is 6.65. The van der Waals surface area contributed by atoms with Gasteiger partial charge in [-0.25, -0.2) is 4.98 Å². The molecule has 1 heterocycles. The largest absolute Gasteiger partial charge is 0.383 e. The molecule has 2 aromatic rings. The lowest BCUT2D eigenvalue weighted by molar-refractivity contribution is -0.120. The quantitative estimate of drug-likeness (QED) is 0.566. The number of hydrogen-bond acceptors (Lipinski definition) is 5. The van der Waals surface area contributed by atoms with Gasteiger partial charge in [0.05, 0.1) is 11.9 Å². The summed E-state index contributed by atoms with van der Waals surface area (Å²) >= 11 is 4.79. The molecular weight excluding hydrogens is 368 g/mol. The maximum Gasteiger partial charge on any atom is 0.233 e. The van der Waals surface area contributed by atoms with Crippen LogP contribution in [0.3, 0.4) is 0 Å². The summed E-state index contributed by atoms with van der Waals surface area (Å²) in [6.07, 6.45) is 0. The molecule has 0 spiro atoms. The highest BCUT2D eigenvalue weighted by molar-refractivity contribution is 9.10. The highest BCUT2D eigenvalue weighted by Crippen LogP contribution is 2.27. The lowest BCUT2D eigenvalue weighted by Gasteiger charge is -2.09. The van der Waals surface area contributed by atoms with E-state index in [1.807, 2.05) is 31.2 Å². The van der Waals surface area contributed by atoms with Gasteiger partial charge in [-0.2, -0.15) is 0 Å². The summed E-state index contributed by atoms with van der Waals surface area (Å²) in [5, 5.41) is 10.1. The van der Waals surface area contributed by atoms with Gasteiger partial charge < -0.3 is 10.1 Å². The zero-order valence-electron chi connectivity index (χ0n) is 12.3. The first-order chi connectivity index (χ1) is 10.6. The maximum absolute atomic E-state index is 11.9. The van der Waals surface area contributed by atoms with Crippen molar-refractivity contribution in [3.8, 4) is 11.4 Å². The first-order valence-electron chi connectivity index (χ1n) is 6.72. The molecule has 0 radical (unpaired) electrons. The van der Waals surface area contributed by atoms with Crippen LogP contribution in [-0.2, 0) is 9.53 Å². The van der Waals surface area contributed by atoms with E-state index >= 15 is 0 Å². The third kappa shape index (κ3) is 4.56. The molecule has 0 aliphatic heterocycles. The minimum absolute atomic E-state index is 0.0608. The van der Waals surface area contributed by atoms with Crippen LogP contribution in [0.15, 0.2) is 33.9 Å². The minimum atomic E-state index is -0.278. The SMILES string of the molecule is COCCNC(=O)[C@H](C)Sc1n[nH]c(-c2ccccc2Br)n1. The molecule has 8 heteroatoms. The number of carbonyl (C=O) groups is 1. The standard InChI is InChI=1S/C14H17BrN4O2S/c1-9(13(20)16-7-8-21-2)22-14-17-12(18-19-14)10-5-3-4-6-11(10)15/h3-6,9H,7-8H2,1-2H3,(H,16,20)(H,17,18,19)/t9-/m0/s1. The number of halogens is 1. The molecule has 1 aromatic carbocycles. The van der Waals surface area contributed by atoms with Crippen molar-refractivity contribution in [1.29, 1.82) is 0 Å². The van der Waals surface area contributed by atoms with Crippen molar-refractivity contribution < 1.29 is 9.53 Å². The second kappa shape index (κ2) is 8.30. The van der Waals surface area contributed by atoms with E-state index in [2.05, 4.69) is 36.4 Å². The van der Waals surface area contributed by atoms with Crippen molar-refractivity contribution in [2.24, 2.45) is 0 Å². The fourth-order valence-electron chi connectivity index (χ4n) is 1.70. The lowest BCUT2D eigenvalue weighted by Crippen LogP contribution is -2.33. The molecule has 22 heavy (non-hydrogen) atoms. The zero-order chi connectivity index (χ0) is 15.9. The molecule has 0 fully saturated rings. The van der Waals surface area contributed by atoms with Crippen molar-refractivity contribution in [3.63, 3.8) is 0 Å². The van der Waals surface area contributed by atoms with Gasteiger partial charge in [-0.05, 0) is 13.0 Å². The Labute approximate surface area is 141 Å². The van der Waals surface area contributed by atoms with Gasteiger partial charge in [-0.3, -0.25) is 9.89 Å². The molecule has 0 saturated heterocycles. The minimum Gasteiger partial charge on any atom is -0.383 e. The summed E-state index contributed by atoms with van der Waals surface area (Å²) in [6, 6.07) is 7.75. The van der Waals surface area contributed by atoms with Crippen molar-refractivity contribution in [2.75, 3.05) is 20.3 Å². The monoisotopic (exact) mass is 384 g/mol. The summed E-state index contributed by atoms with van der Waals surface area (Å²) in [4.78, 5) is 16.3. The van der Waals surface area contributed by atoms with E-state index in [-0.39, 0.29) is 11.2 Å². The van der Waals surface area contributed by atoms with Crippen LogP contribution in [0.4, 0.5) is 0 Å². The number of amides is 1. The van der Waals surface area contributed by atoms with Crippen molar-refractivity contribution in [1.82, 2.24) is 20.5 Å². The molecule has 0 bridgehead atoms. The Morgan fingerprint density at radius 3 is 3.00 bits per heavy atom. The van der Waals surface area contributed by atoms with E-state index in [0.717, 1.165) is 10.0 Å². The van der Waals surface area contributed by atoms with Gasteiger partial charge in [0.2, 0.25) is 11.1 Å². The van der Waals surface area contributed by atoms with Crippen LogP contribution in [-0.4, -0.2) is 46.6 Å². The number of benzene rings is 1. The number of thioether (sulfide) groups is 1. The second-order valence-electron chi connectivity index (χ2n) is 4.49. The Bertz CT molecular complexity index is 635. The molecule has 1 amide bonds. The molecule has 0 aliphatic rings. The van der Waals surface area contributed by atoms with Crippen molar-refractivity contribution in [2.45, 2.75) is 17.3 Å². The summed E-state index contributed by atoms with van der Waals surface area (Å²) < 4.78 is 5.84. The van der Waals surface area contributed by atoms with Gasteiger partial charge in [-0.1, -0.05) is 45.9 Å². The van der Waals surface area contributed by atoms with Crippen LogP contribution in [0, 0.1) is 0 Å². The Morgan fingerprint density at radius 2 is 2.27 bits per heavy atom. The maximum atomic E-state index is 11.9. The van der Waals surface area contributed by atoms with Gasteiger partial charge in [0.1, 0.15) is 0 Å². The molecule has 0 aliphatic carbocycles. The third-order valence-electron chi connectivity index (χ3n) is 2.85. The van der Waals surface area contributed by atoms with E-state index in [1.54, 1.807) is 7.11 Å². The number of aromatic amines is 1. The van der Waals surface area contributed by atoms with Gasteiger partial charge in [0, 0.05) is 23.7 Å². The molecule has 1 aromatic heterocycles. The number of hydrogen-bond donors (Lipinski definition) is 2. The molecule has 2 N–H and O–H groups in total. The van der Waals surface area contributed by atoms with E-state index < -0.39 is 0 Å². The number of carbonyl (C=O) groups excluding carboxylic acids is 1. The van der Waals surface area contributed by atoms with Crippen LogP contribution in [0.5, 0.6) is 0 Å².